The number of nitrogens with one attached hydrogen (secondary N) is 1. The minimum absolute atomic E-state index is 0.229. The van der Waals surface area contributed by atoms with E-state index in [0.29, 0.717) is 0 Å². The zero-order chi connectivity index (χ0) is 17.1. The van der Waals surface area contributed by atoms with Crippen LogP contribution < -0.4 is 10.1 Å². The van der Waals surface area contributed by atoms with Crippen LogP contribution in [0.1, 0.15) is 39.7 Å². The SMILES string of the molecule is COc1cc2c(cc1CN[C@H](Cc1ccsc1)c1nccs1)CCC2. The van der Waals surface area contributed by atoms with Crippen molar-refractivity contribution < 1.29 is 4.74 Å². The maximum atomic E-state index is 5.65. The van der Waals surface area contributed by atoms with Crippen molar-refractivity contribution in [2.24, 2.45) is 0 Å². The molecule has 0 bridgehead atoms. The first-order valence-corrected chi connectivity index (χ1v) is 10.5. The quantitative estimate of drug-likeness (QED) is 0.650. The molecule has 1 N–H and O–H groups in total. The first-order valence-electron chi connectivity index (χ1n) is 8.66. The molecule has 1 aromatic carbocycles. The van der Waals surface area contributed by atoms with Crippen LogP contribution in [-0.4, -0.2) is 12.1 Å². The Hall–Kier alpha value is -1.69. The smallest absolute Gasteiger partial charge is 0.123 e. The summed E-state index contributed by atoms with van der Waals surface area (Å²) >= 11 is 3.46. The summed E-state index contributed by atoms with van der Waals surface area (Å²) in [6.45, 7) is 0.796. The number of hydrogen-bond acceptors (Lipinski definition) is 5. The van der Waals surface area contributed by atoms with Crippen molar-refractivity contribution in [3.05, 3.63) is 67.8 Å². The summed E-state index contributed by atoms with van der Waals surface area (Å²) in [6.07, 6.45) is 6.48. The molecule has 0 saturated heterocycles. The minimum Gasteiger partial charge on any atom is -0.496 e. The lowest BCUT2D eigenvalue weighted by molar-refractivity contribution is 0.404. The average Bonchev–Trinajstić information content (AvgIpc) is 3.39. The molecule has 130 valence electrons. The third kappa shape index (κ3) is 3.78. The first-order chi connectivity index (χ1) is 12.3. The van der Waals surface area contributed by atoms with Crippen LogP contribution in [0.25, 0.3) is 0 Å². The normalized spacial score (nSPS) is 14.4. The van der Waals surface area contributed by atoms with Gasteiger partial charge in [0.25, 0.3) is 0 Å². The zero-order valence-corrected chi connectivity index (χ0v) is 16.0. The number of hydrogen-bond donors (Lipinski definition) is 1. The van der Waals surface area contributed by atoms with E-state index >= 15 is 0 Å². The van der Waals surface area contributed by atoms with Crippen molar-refractivity contribution in [3.63, 3.8) is 0 Å². The Kier molecular flexibility index (Phi) is 5.15. The van der Waals surface area contributed by atoms with E-state index in [-0.39, 0.29) is 6.04 Å². The molecule has 1 atom stereocenters. The van der Waals surface area contributed by atoms with Crippen molar-refractivity contribution in [1.29, 1.82) is 0 Å². The number of benzene rings is 1. The van der Waals surface area contributed by atoms with E-state index in [0.717, 1.165) is 23.7 Å². The maximum Gasteiger partial charge on any atom is 0.123 e. The highest BCUT2D eigenvalue weighted by Gasteiger charge is 2.18. The Morgan fingerprint density at radius 3 is 2.84 bits per heavy atom. The molecule has 3 aromatic rings. The molecule has 3 nitrogen and oxygen atoms in total. The highest BCUT2D eigenvalue weighted by atomic mass is 32.1. The Bertz CT molecular complexity index is 813. The number of ether oxygens (including phenoxy) is 1. The third-order valence-corrected chi connectivity index (χ3v) is 6.42. The second kappa shape index (κ2) is 7.68. The van der Waals surface area contributed by atoms with Crippen LogP contribution in [0.3, 0.4) is 0 Å². The molecule has 5 heteroatoms. The number of aryl methyl sites for hydroxylation is 2. The molecular formula is C20H22N2OS2. The van der Waals surface area contributed by atoms with Gasteiger partial charge < -0.3 is 10.1 Å². The van der Waals surface area contributed by atoms with Crippen LogP contribution in [0.15, 0.2) is 40.5 Å². The molecular weight excluding hydrogens is 348 g/mol. The van der Waals surface area contributed by atoms with Gasteiger partial charge in [-0.05, 0) is 65.3 Å². The van der Waals surface area contributed by atoms with Crippen molar-refractivity contribution in [1.82, 2.24) is 10.3 Å². The van der Waals surface area contributed by atoms with Gasteiger partial charge in [0.1, 0.15) is 10.8 Å². The summed E-state index contributed by atoms with van der Waals surface area (Å²) in [6, 6.07) is 6.99. The summed E-state index contributed by atoms with van der Waals surface area (Å²) in [7, 11) is 1.77. The number of nitrogens with zero attached hydrogens (tertiary/aromatic N) is 1. The van der Waals surface area contributed by atoms with Crippen LogP contribution in [0.4, 0.5) is 0 Å². The molecule has 4 rings (SSSR count). The van der Waals surface area contributed by atoms with Crippen LogP contribution in [0.2, 0.25) is 0 Å². The Labute approximate surface area is 156 Å². The summed E-state index contributed by atoms with van der Waals surface area (Å²) in [5.41, 5.74) is 5.55. The maximum absolute atomic E-state index is 5.65. The second-order valence-electron chi connectivity index (χ2n) is 6.43. The van der Waals surface area contributed by atoms with Crippen molar-refractivity contribution in [2.45, 2.75) is 38.3 Å². The zero-order valence-electron chi connectivity index (χ0n) is 14.3. The Morgan fingerprint density at radius 1 is 1.24 bits per heavy atom. The number of methoxy groups -OCH3 is 1. The fourth-order valence-electron chi connectivity index (χ4n) is 3.51. The topological polar surface area (TPSA) is 34.1 Å². The van der Waals surface area contributed by atoms with Gasteiger partial charge in [-0.15, -0.1) is 11.3 Å². The molecule has 25 heavy (non-hydrogen) atoms. The number of aromatic nitrogens is 1. The van der Waals surface area contributed by atoms with Gasteiger partial charge in [0, 0.05) is 23.7 Å². The van der Waals surface area contributed by atoms with Gasteiger partial charge in [-0.2, -0.15) is 11.3 Å². The molecule has 0 fully saturated rings. The molecule has 0 unspecified atom stereocenters. The molecule has 0 aliphatic heterocycles. The molecule has 0 amide bonds. The van der Waals surface area contributed by atoms with Gasteiger partial charge in [-0.3, -0.25) is 0 Å². The Balaban J connectivity index is 1.53. The predicted molar refractivity (Wildman–Crippen MR) is 105 cm³/mol. The second-order valence-corrected chi connectivity index (χ2v) is 8.13. The standard InChI is InChI=1S/C20H22N2OS2/c1-23-19-11-16-4-2-3-15(16)10-17(19)12-22-18(20-21-6-8-25-20)9-14-5-7-24-13-14/h5-8,10-11,13,18,22H,2-4,9,12H2,1H3/t18-/m1/s1. The fraction of sp³-hybridized carbons (Fsp3) is 0.350. The van der Waals surface area contributed by atoms with E-state index in [1.54, 1.807) is 29.8 Å². The lowest BCUT2D eigenvalue weighted by Gasteiger charge is -2.18. The number of fused-ring (bicyclic) bond motifs is 1. The van der Waals surface area contributed by atoms with Crippen LogP contribution in [0, 0.1) is 0 Å². The predicted octanol–water partition coefficient (Wildman–Crippen LogP) is 4.78. The van der Waals surface area contributed by atoms with Crippen molar-refractivity contribution in [2.75, 3.05) is 7.11 Å². The average molecular weight is 371 g/mol. The molecule has 1 aliphatic rings. The molecule has 2 aromatic heterocycles. The van der Waals surface area contributed by atoms with E-state index in [9.17, 15) is 0 Å². The first kappa shape index (κ1) is 16.8. The summed E-state index contributed by atoms with van der Waals surface area (Å²) in [5, 5.41) is 11.3. The van der Waals surface area contributed by atoms with Gasteiger partial charge in [0.15, 0.2) is 0 Å². The summed E-state index contributed by atoms with van der Waals surface area (Å²) < 4.78 is 5.65. The highest BCUT2D eigenvalue weighted by molar-refractivity contribution is 7.09. The van der Waals surface area contributed by atoms with E-state index in [4.69, 9.17) is 4.74 Å². The van der Waals surface area contributed by atoms with Gasteiger partial charge >= 0.3 is 0 Å². The molecule has 0 saturated carbocycles. The third-order valence-electron chi connectivity index (χ3n) is 4.80. The largest absolute Gasteiger partial charge is 0.496 e. The van der Waals surface area contributed by atoms with Crippen LogP contribution in [-0.2, 0) is 25.8 Å². The van der Waals surface area contributed by atoms with Gasteiger partial charge in [-0.1, -0.05) is 6.07 Å². The Morgan fingerprint density at radius 2 is 2.12 bits per heavy atom. The number of rotatable bonds is 7. The minimum atomic E-state index is 0.229. The summed E-state index contributed by atoms with van der Waals surface area (Å²) in [4.78, 5) is 4.54. The molecule has 0 spiro atoms. The molecule has 1 aliphatic carbocycles. The van der Waals surface area contributed by atoms with Gasteiger partial charge in [-0.25, -0.2) is 4.98 Å². The van der Waals surface area contributed by atoms with E-state index in [2.05, 4.69) is 39.3 Å². The monoisotopic (exact) mass is 370 g/mol. The van der Waals surface area contributed by atoms with E-state index in [1.165, 1.54) is 41.5 Å². The summed E-state index contributed by atoms with van der Waals surface area (Å²) in [5.74, 6) is 1.00. The van der Waals surface area contributed by atoms with E-state index in [1.807, 2.05) is 11.6 Å². The van der Waals surface area contributed by atoms with E-state index < -0.39 is 0 Å². The number of thiophene rings is 1. The highest BCUT2D eigenvalue weighted by Crippen LogP contribution is 2.30. The molecule has 2 heterocycles. The van der Waals surface area contributed by atoms with Crippen LogP contribution >= 0.6 is 22.7 Å². The fourth-order valence-corrected chi connectivity index (χ4v) is 4.91. The van der Waals surface area contributed by atoms with Crippen LogP contribution in [0.5, 0.6) is 5.75 Å². The lowest BCUT2D eigenvalue weighted by Crippen LogP contribution is -2.23. The van der Waals surface area contributed by atoms with Gasteiger partial charge in [0.05, 0.1) is 13.2 Å². The van der Waals surface area contributed by atoms with Crippen molar-refractivity contribution in [3.8, 4) is 5.75 Å². The van der Waals surface area contributed by atoms with Crippen molar-refractivity contribution >= 4 is 22.7 Å². The van der Waals surface area contributed by atoms with Gasteiger partial charge in [0.2, 0.25) is 0 Å². The lowest BCUT2D eigenvalue weighted by atomic mass is 10.0. The molecule has 0 radical (unpaired) electrons. The number of thiazole rings is 1.